The molecule has 0 spiro atoms. The van der Waals surface area contributed by atoms with E-state index in [2.05, 4.69) is 27.6 Å². The number of aryl methyl sites for hydroxylation is 1. The molecule has 1 aromatic carbocycles. The van der Waals surface area contributed by atoms with Crippen LogP contribution in [0.4, 0.5) is 0 Å². The average Bonchev–Trinajstić information content (AvgIpc) is 2.99. The quantitative estimate of drug-likeness (QED) is 0.851. The first kappa shape index (κ1) is 16.0. The molecule has 1 aliphatic rings. The van der Waals surface area contributed by atoms with Crippen LogP contribution in [0.25, 0.3) is 0 Å². The van der Waals surface area contributed by atoms with E-state index >= 15 is 0 Å². The van der Waals surface area contributed by atoms with Crippen LogP contribution in [0.1, 0.15) is 43.0 Å². The van der Waals surface area contributed by atoms with Gasteiger partial charge in [0, 0.05) is 19.5 Å². The van der Waals surface area contributed by atoms with Gasteiger partial charge < -0.3 is 19.7 Å². The second kappa shape index (κ2) is 7.57. The minimum Gasteiger partial charge on any atom is -0.485 e. The summed E-state index contributed by atoms with van der Waals surface area (Å²) in [7, 11) is 0. The molecule has 0 bridgehead atoms. The highest BCUT2D eigenvalue weighted by Gasteiger charge is 2.18. The Bertz CT molecular complexity index is 604. The molecule has 0 unspecified atom stereocenters. The molecule has 1 saturated carbocycles. The van der Waals surface area contributed by atoms with E-state index in [0.29, 0.717) is 24.4 Å². The topological polar surface area (TPSA) is 80.4 Å². The molecule has 0 amide bonds. The molecule has 6 nitrogen and oxygen atoms in total. The second-order valence-corrected chi connectivity index (χ2v) is 6.05. The van der Waals surface area contributed by atoms with Gasteiger partial charge in [0.15, 0.2) is 6.61 Å². The van der Waals surface area contributed by atoms with Gasteiger partial charge in [-0.05, 0) is 43.4 Å². The fraction of sp³-hybridized carbons (Fsp3) is 0.529. The van der Waals surface area contributed by atoms with Crippen molar-refractivity contribution < 1.29 is 14.4 Å². The van der Waals surface area contributed by atoms with Crippen LogP contribution >= 0.6 is 0 Å². The molecule has 23 heavy (non-hydrogen) atoms. The maximum absolute atomic E-state index is 9.52. The molecule has 1 aliphatic carbocycles. The first-order chi connectivity index (χ1) is 11.2. The van der Waals surface area contributed by atoms with E-state index in [0.717, 1.165) is 38.0 Å². The van der Waals surface area contributed by atoms with Crippen LogP contribution in [0.2, 0.25) is 0 Å². The summed E-state index contributed by atoms with van der Waals surface area (Å²) in [6.07, 6.45) is 3.80. The molecule has 1 aromatic heterocycles. The zero-order valence-corrected chi connectivity index (χ0v) is 13.4. The number of nitrogens with zero attached hydrogens (tertiary/aromatic N) is 2. The van der Waals surface area contributed by atoms with Crippen LogP contribution in [0.5, 0.6) is 5.75 Å². The molecule has 2 N–H and O–H groups in total. The van der Waals surface area contributed by atoms with Crippen LogP contribution in [0.3, 0.4) is 0 Å². The third-order valence-electron chi connectivity index (χ3n) is 4.15. The number of ether oxygens (including phenoxy) is 1. The lowest BCUT2D eigenvalue weighted by molar-refractivity contribution is 0.116. The SMILES string of the molecule is Cc1nc(COc2ccc(CNC3CCC(O)CC3)cc2)no1. The molecule has 1 heterocycles. The fourth-order valence-electron chi connectivity index (χ4n) is 2.79. The molecule has 0 atom stereocenters. The van der Waals surface area contributed by atoms with Crippen molar-refractivity contribution in [3.63, 3.8) is 0 Å². The van der Waals surface area contributed by atoms with Crippen LogP contribution in [-0.4, -0.2) is 27.4 Å². The molecule has 0 radical (unpaired) electrons. The summed E-state index contributed by atoms with van der Waals surface area (Å²) in [6.45, 7) is 2.90. The van der Waals surface area contributed by atoms with E-state index in [1.54, 1.807) is 6.92 Å². The number of rotatable bonds is 6. The largest absolute Gasteiger partial charge is 0.485 e. The minimum absolute atomic E-state index is 0.104. The van der Waals surface area contributed by atoms with Gasteiger partial charge in [0.25, 0.3) is 0 Å². The van der Waals surface area contributed by atoms with Crippen molar-refractivity contribution in [2.75, 3.05) is 0 Å². The van der Waals surface area contributed by atoms with Gasteiger partial charge in [-0.1, -0.05) is 17.3 Å². The first-order valence-electron chi connectivity index (χ1n) is 8.11. The van der Waals surface area contributed by atoms with E-state index in [1.807, 2.05) is 12.1 Å². The summed E-state index contributed by atoms with van der Waals surface area (Å²) in [5.74, 6) is 1.88. The molecular weight excluding hydrogens is 294 g/mol. The summed E-state index contributed by atoms with van der Waals surface area (Å²) in [6, 6.07) is 8.53. The van der Waals surface area contributed by atoms with Gasteiger partial charge in [0.1, 0.15) is 5.75 Å². The Labute approximate surface area is 135 Å². The second-order valence-electron chi connectivity index (χ2n) is 6.05. The number of aliphatic hydroxyl groups excluding tert-OH is 1. The Morgan fingerprint density at radius 1 is 1.22 bits per heavy atom. The highest BCUT2D eigenvalue weighted by Crippen LogP contribution is 2.19. The Hall–Kier alpha value is -1.92. The zero-order valence-electron chi connectivity index (χ0n) is 13.4. The molecule has 2 aromatic rings. The van der Waals surface area contributed by atoms with E-state index in [-0.39, 0.29) is 6.10 Å². The lowest BCUT2D eigenvalue weighted by Gasteiger charge is -2.26. The fourth-order valence-corrected chi connectivity index (χ4v) is 2.79. The summed E-state index contributed by atoms with van der Waals surface area (Å²) >= 11 is 0. The zero-order chi connectivity index (χ0) is 16.1. The molecule has 6 heteroatoms. The molecule has 0 aliphatic heterocycles. The molecular formula is C17H23N3O3. The van der Waals surface area contributed by atoms with Crippen molar-refractivity contribution in [2.45, 2.75) is 57.9 Å². The van der Waals surface area contributed by atoms with Gasteiger partial charge in [-0.2, -0.15) is 4.98 Å². The third kappa shape index (κ3) is 4.77. The Balaban J connectivity index is 1.43. The number of hydrogen-bond acceptors (Lipinski definition) is 6. The van der Waals surface area contributed by atoms with Crippen LogP contribution in [0, 0.1) is 6.92 Å². The van der Waals surface area contributed by atoms with Crippen LogP contribution in [0.15, 0.2) is 28.8 Å². The monoisotopic (exact) mass is 317 g/mol. The number of aliphatic hydroxyl groups is 1. The van der Waals surface area contributed by atoms with E-state index < -0.39 is 0 Å². The van der Waals surface area contributed by atoms with Crippen molar-refractivity contribution in [2.24, 2.45) is 0 Å². The van der Waals surface area contributed by atoms with Crippen molar-refractivity contribution in [3.05, 3.63) is 41.5 Å². The maximum atomic E-state index is 9.52. The average molecular weight is 317 g/mol. The summed E-state index contributed by atoms with van der Waals surface area (Å²) in [5, 5.41) is 16.9. The van der Waals surface area contributed by atoms with Gasteiger partial charge in [-0.15, -0.1) is 0 Å². The number of aromatic nitrogens is 2. The minimum atomic E-state index is -0.104. The van der Waals surface area contributed by atoms with Crippen LogP contribution in [-0.2, 0) is 13.2 Å². The van der Waals surface area contributed by atoms with Gasteiger partial charge >= 0.3 is 0 Å². The third-order valence-corrected chi connectivity index (χ3v) is 4.15. The summed E-state index contributed by atoms with van der Waals surface area (Å²) in [4.78, 5) is 4.10. The van der Waals surface area contributed by atoms with Crippen molar-refractivity contribution in [1.82, 2.24) is 15.5 Å². The number of nitrogens with one attached hydrogen (secondary N) is 1. The van der Waals surface area contributed by atoms with Gasteiger partial charge in [-0.3, -0.25) is 0 Å². The van der Waals surface area contributed by atoms with Gasteiger partial charge in [-0.25, -0.2) is 0 Å². The standard InChI is InChI=1S/C17H23N3O3/c1-12-19-17(20-23-12)11-22-16-8-2-13(3-9-16)10-18-14-4-6-15(21)7-5-14/h2-3,8-9,14-15,18,21H,4-7,10-11H2,1H3. The molecule has 3 rings (SSSR count). The Morgan fingerprint density at radius 2 is 1.96 bits per heavy atom. The molecule has 124 valence electrons. The first-order valence-corrected chi connectivity index (χ1v) is 8.11. The molecule has 0 saturated heterocycles. The van der Waals surface area contributed by atoms with Gasteiger partial charge in [0.2, 0.25) is 11.7 Å². The predicted octanol–water partition coefficient (Wildman–Crippen LogP) is 2.35. The van der Waals surface area contributed by atoms with E-state index in [4.69, 9.17) is 9.26 Å². The van der Waals surface area contributed by atoms with Crippen LogP contribution < -0.4 is 10.1 Å². The highest BCUT2D eigenvalue weighted by molar-refractivity contribution is 5.27. The normalized spacial score (nSPS) is 21.3. The predicted molar refractivity (Wildman–Crippen MR) is 84.9 cm³/mol. The van der Waals surface area contributed by atoms with Crippen molar-refractivity contribution in [1.29, 1.82) is 0 Å². The molecule has 1 fully saturated rings. The summed E-state index contributed by atoms with van der Waals surface area (Å²) < 4.78 is 10.5. The van der Waals surface area contributed by atoms with Crippen molar-refractivity contribution in [3.8, 4) is 5.75 Å². The lowest BCUT2D eigenvalue weighted by atomic mass is 9.93. The summed E-state index contributed by atoms with van der Waals surface area (Å²) in [5.41, 5.74) is 1.22. The van der Waals surface area contributed by atoms with E-state index in [9.17, 15) is 5.11 Å². The number of hydrogen-bond donors (Lipinski definition) is 2. The van der Waals surface area contributed by atoms with Gasteiger partial charge in [0.05, 0.1) is 6.10 Å². The number of benzene rings is 1. The smallest absolute Gasteiger partial charge is 0.223 e. The van der Waals surface area contributed by atoms with Crippen molar-refractivity contribution >= 4 is 0 Å². The highest BCUT2D eigenvalue weighted by atomic mass is 16.5. The maximum Gasteiger partial charge on any atom is 0.223 e. The Kier molecular flexibility index (Phi) is 5.25. The Morgan fingerprint density at radius 3 is 2.61 bits per heavy atom. The van der Waals surface area contributed by atoms with E-state index in [1.165, 1.54) is 5.56 Å². The lowest BCUT2D eigenvalue weighted by Crippen LogP contribution is -2.34.